The molecule has 9 heteroatoms. The summed E-state index contributed by atoms with van der Waals surface area (Å²) >= 11 is 0. The van der Waals surface area contributed by atoms with Crippen LogP contribution in [0.5, 0.6) is 0 Å². The number of hydrogen-bond acceptors (Lipinski definition) is 7. The van der Waals surface area contributed by atoms with Gasteiger partial charge in [-0.1, -0.05) is 38.2 Å². The van der Waals surface area contributed by atoms with Crippen LogP contribution >= 0.6 is 0 Å². The summed E-state index contributed by atoms with van der Waals surface area (Å²) < 4.78 is 0. The molecule has 0 bridgehead atoms. The standard InChI is InChI=1S/C20H26N6O3.C2H6/c1-5-7-8-17(18-9-10-19-23-24(4)14-25(19)22-18)11-12-21-20(27)16(6-2)13-15(3)26(28)29;1-2/h5-7,9-13,17H,8,14H2,1-4H3,(H,21,27);1-2H3/b7-5-,12-11+,15-13+,16-6+;. The Morgan fingerprint density at radius 3 is 2.65 bits per heavy atom. The van der Waals surface area contributed by atoms with Gasteiger partial charge in [-0.05, 0) is 32.4 Å². The lowest BCUT2D eigenvalue weighted by atomic mass is 9.97. The molecule has 2 rings (SSSR count). The second-order valence-electron chi connectivity index (χ2n) is 6.55. The van der Waals surface area contributed by atoms with Crippen molar-refractivity contribution < 1.29 is 9.72 Å². The first-order valence-corrected chi connectivity index (χ1v) is 10.3. The second-order valence-corrected chi connectivity index (χ2v) is 6.55. The molecule has 168 valence electrons. The van der Waals surface area contributed by atoms with Crippen LogP contribution in [0.25, 0.3) is 0 Å². The highest BCUT2D eigenvalue weighted by molar-refractivity contribution is 6.08. The van der Waals surface area contributed by atoms with Gasteiger partial charge in [-0.3, -0.25) is 19.9 Å². The molecular weight excluding hydrogens is 396 g/mol. The molecule has 0 radical (unpaired) electrons. The van der Waals surface area contributed by atoms with Crippen LogP contribution < -0.4 is 5.32 Å². The van der Waals surface area contributed by atoms with Crippen LogP contribution in [-0.2, 0) is 4.79 Å². The van der Waals surface area contributed by atoms with E-state index in [1.165, 1.54) is 19.1 Å². The van der Waals surface area contributed by atoms with Crippen LogP contribution in [0.15, 0.2) is 70.2 Å². The van der Waals surface area contributed by atoms with E-state index in [2.05, 4.69) is 15.5 Å². The lowest BCUT2D eigenvalue weighted by Crippen LogP contribution is -2.29. The lowest BCUT2D eigenvalue weighted by molar-refractivity contribution is -0.424. The molecule has 0 aromatic rings. The summed E-state index contributed by atoms with van der Waals surface area (Å²) in [6.07, 6.45) is 14.8. The largest absolute Gasteiger partial charge is 0.329 e. The minimum absolute atomic E-state index is 0.0414. The summed E-state index contributed by atoms with van der Waals surface area (Å²) in [5.41, 5.74) is 0.987. The third-order valence-electron chi connectivity index (χ3n) is 4.29. The maximum Gasteiger partial charge on any atom is 0.255 e. The topological polar surface area (TPSA) is 103 Å². The fourth-order valence-corrected chi connectivity index (χ4v) is 2.72. The fraction of sp³-hybridized carbons (Fsp3) is 0.409. The highest BCUT2D eigenvalue weighted by Crippen LogP contribution is 2.18. The third-order valence-corrected chi connectivity index (χ3v) is 4.29. The van der Waals surface area contributed by atoms with Gasteiger partial charge in [0.25, 0.3) is 5.91 Å². The van der Waals surface area contributed by atoms with E-state index in [4.69, 9.17) is 0 Å². The summed E-state index contributed by atoms with van der Waals surface area (Å²) in [5, 5.41) is 26.1. The first kappa shape index (κ1) is 25.5. The van der Waals surface area contributed by atoms with Gasteiger partial charge in [-0.25, -0.2) is 5.01 Å². The molecule has 0 saturated heterocycles. The molecule has 1 unspecified atom stereocenters. The smallest absolute Gasteiger partial charge is 0.255 e. The Morgan fingerprint density at radius 1 is 1.32 bits per heavy atom. The van der Waals surface area contributed by atoms with E-state index in [1.807, 2.05) is 68.2 Å². The molecule has 31 heavy (non-hydrogen) atoms. The molecule has 9 nitrogen and oxygen atoms in total. The number of amides is 1. The monoisotopic (exact) mass is 428 g/mol. The van der Waals surface area contributed by atoms with Crippen molar-refractivity contribution in [1.82, 2.24) is 15.3 Å². The van der Waals surface area contributed by atoms with E-state index in [1.54, 1.807) is 13.1 Å². The second kappa shape index (κ2) is 12.9. The van der Waals surface area contributed by atoms with Crippen LogP contribution in [-0.4, -0.2) is 46.1 Å². The van der Waals surface area contributed by atoms with Gasteiger partial charge >= 0.3 is 0 Å². The van der Waals surface area contributed by atoms with Crippen molar-refractivity contribution >= 4 is 17.5 Å². The number of hydrogen-bond donors (Lipinski definition) is 1. The molecule has 0 aromatic heterocycles. The molecule has 0 fully saturated rings. The predicted octanol–water partition coefficient (Wildman–Crippen LogP) is 3.80. The number of amidine groups is 1. The van der Waals surface area contributed by atoms with E-state index in [0.717, 1.165) is 18.0 Å². The highest BCUT2D eigenvalue weighted by atomic mass is 16.6. The summed E-state index contributed by atoms with van der Waals surface area (Å²) in [5.74, 6) is 0.343. The number of nitro groups is 1. The minimum atomic E-state index is -0.527. The Morgan fingerprint density at radius 2 is 2.03 bits per heavy atom. The van der Waals surface area contributed by atoms with Crippen LogP contribution in [0.3, 0.4) is 0 Å². The van der Waals surface area contributed by atoms with Crippen molar-refractivity contribution in [3.8, 4) is 0 Å². The molecule has 2 heterocycles. The quantitative estimate of drug-likeness (QED) is 0.208. The van der Waals surface area contributed by atoms with Crippen LogP contribution in [0.2, 0.25) is 0 Å². The van der Waals surface area contributed by atoms with Gasteiger partial charge in [-0.15, -0.1) is 0 Å². The van der Waals surface area contributed by atoms with Gasteiger partial charge in [0.05, 0.1) is 10.6 Å². The number of rotatable bonds is 8. The maximum absolute atomic E-state index is 12.3. The number of carbonyl (C=O) groups excluding carboxylic acids is 1. The Bertz CT molecular complexity index is 864. The number of fused-ring (bicyclic) bond motifs is 1. The van der Waals surface area contributed by atoms with Gasteiger partial charge < -0.3 is 5.32 Å². The van der Waals surface area contributed by atoms with Crippen molar-refractivity contribution in [2.24, 2.45) is 16.1 Å². The molecule has 1 N–H and O–H groups in total. The number of carbonyl (C=O) groups is 1. The van der Waals surface area contributed by atoms with Crippen LogP contribution in [0, 0.1) is 16.0 Å². The molecule has 1 amide bonds. The number of allylic oxidation sites excluding steroid dienone is 6. The molecule has 1 atom stereocenters. The molecule has 0 aliphatic carbocycles. The van der Waals surface area contributed by atoms with E-state index in [0.29, 0.717) is 6.67 Å². The zero-order valence-corrected chi connectivity index (χ0v) is 19.1. The average molecular weight is 429 g/mol. The molecule has 0 aromatic carbocycles. The van der Waals surface area contributed by atoms with E-state index in [-0.39, 0.29) is 17.2 Å². The number of nitrogens with one attached hydrogen (secondary N) is 1. The SMILES string of the molecule is C/C=C\CC(/C=C/NC(=O)C(=C/C)/C=C(\C)[N+](=O)[O-])C1=NN2CN(C)N=C2C=C1.CC. The number of hydrazone groups is 2. The van der Waals surface area contributed by atoms with E-state index in [9.17, 15) is 14.9 Å². The van der Waals surface area contributed by atoms with Gasteiger partial charge in [-0.2, -0.15) is 10.2 Å². The third kappa shape index (κ3) is 7.69. The predicted molar refractivity (Wildman–Crippen MR) is 125 cm³/mol. The number of nitrogens with zero attached hydrogens (tertiary/aromatic N) is 5. The molecule has 0 saturated carbocycles. The summed E-state index contributed by atoms with van der Waals surface area (Å²) in [6.45, 7) is 9.54. The van der Waals surface area contributed by atoms with Crippen LogP contribution in [0.1, 0.15) is 41.0 Å². The van der Waals surface area contributed by atoms with Crippen molar-refractivity contribution in [1.29, 1.82) is 0 Å². The summed E-state index contributed by atoms with van der Waals surface area (Å²) in [7, 11) is 1.88. The normalized spacial score (nSPS) is 17.2. The van der Waals surface area contributed by atoms with E-state index < -0.39 is 10.8 Å². The molecule has 0 spiro atoms. The van der Waals surface area contributed by atoms with E-state index >= 15 is 0 Å². The molecule has 2 aliphatic rings. The Kier molecular flexibility index (Phi) is 10.7. The zero-order valence-electron chi connectivity index (χ0n) is 19.1. The van der Waals surface area contributed by atoms with Crippen molar-refractivity contribution in [3.05, 3.63) is 70.1 Å². The molecule has 2 aliphatic heterocycles. The van der Waals surface area contributed by atoms with Crippen molar-refractivity contribution in [2.45, 2.75) is 41.0 Å². The van der Waals surface area contributed by atoms with Gasteiger partial charge in [0.2, 0.25) is 5.70 Å². The lowest BCUT2D eigenvalue weighted by Gasteiger charge is -2.20. The van der Waals surface area contributed by atoms with Gasteiger partial charge in [0.15, 0.2) is 5.84 Å². The van der Waals surface area contributed by atoms with Crippen LogP contribution in [0.4, 0.5) is 0 Å². The Hall–Kier alpha value is -3.49. The zero-order chi connectivity index (χ0) is 23.4. The first-order chi connectivity index (χ1) is 14.8. The molecular formula is C22H32N6O3. The van der Waals surface area contributed by atoms with Crippen molar-refractivity contribution in [2.75, 3.05) is 13.7 Å². The minimum Gasteiger partial charge on any atom is -0.329 e. The first-order valence-electron chi connectivity index (χ1n) is 10.3. The van der Waals surface area contributed by atoms with Gasteiger partial charge in [0.1, 0.15) is 6.67 Å². The Labute approximate surface area is 184 Å². The summed E-state index contributed by atoms with van der Waals surface area (Å²) in [6, 6.07) is 0. The maximum atomic E-state index is 12.3. The average Bonchev–Trinajstić information content (AvgIpc) is 3.14. The summed E-state index contributed by atoms with van der Waals surface area (Å²) in [4.78, 5) is 22.6. The van der Waals surface area contributed by atoms with Gasteiger partial charge in [0, 0.05) is 37.7 Å². The van der Waals surface area contributed by atoms with Crippen molar-refractivity contribution in [3.63, 3.8) is 0 Å². The highest BCUT2D eigenvalue weighted by Gasteiger charge is 2.23. The Balaban J connectivity index is 0.00000233. The fourth-order valence-electron chi connectivity index (χ4n) is 2.72.